The number of hydrogen-bond donors (Lipinski definition) is 4. The van der Waals surface area contributed by atoms with Gasteiger partial charge in [-0.15, -0.1) is 0 Å². The SMILES string of the molecule is OC(c1cnc(CC(O)(O)[C@H]2COC3(CCCCC3)O2)cn1)C(O)[C@H]1COC2(CCCCC2)O1. The number of hydrogen-bond acceptors (Lipinski definition) is 10. The van der Waals surface area contributed by atoms with Crippen molar-refractivity contribution in [2.45, 2.75) is 112 Å². The Morgan fingerprint density at radius 3 is 2.09 bits per heavy atom. The van der Waals surface area contributed by atoms with Gasteiger partial charge in [0, 0.05) is 38.3 Å². The van der Waals surface area contributed by atoms with Crippen molar-refractivity contribution in [3.8, 4) is 0 Å². The molecule has 190 valence electrons. The summed E-state index contributed by atoms with van der Waals surface area (Å²) in [5.74, 6) is -3.52. The molecule has 4 aliphatic rings. The standard InChI is InChI=1S/C24H36N2O8/c27-20(21(28)18-14-31-22(33-18)7-3-1-4-8-22)17-13-25-16(12-26-17)11-24(29,30)19-15-32-23(34-19)9-5-2-6-10-23/h12-13,18-21,27-30H,1-11,14-15H2/t18-,19-,20?,21?/m1/s1. The van der Waals surface area contributed by atoms with E-state index in [1.807, 2.05) is 0 Å². The van der Waals surface area contributed by atoms with Gasteiger partial charge in [-0.2, -0.15) is 0 Å². The number of aromatic nitrogens is 2. The van der Waals surface area contributed by atoms with E-state index in [1.165, 1.54) is 12.4 Å². The molecule has 2 saturated heterocycles. The monoisotopic (exact) mass is 480 g/mol. The summed E-state index contributed by atoms with van der Waals surface area (Å²) < 4.78 is 23.7. The fourth-order valence-corrected chi connectivity index (χ4v) is 5.60. The van der Waals surface area contributed by atoms with Crippen molar-refractivity contribution in [3.63, 3.8) is 0 Å². The number of nitrogens with zero attached hydrogens (tertiary/aromatic N) is 2. The molecular formula is C24H36N2O8. The molecule has 10 heteroatoms. The molecule has 2 spiro atoms. The van der Waals surface area contributed by atoms with Crippen LogP contribution >= 0.6 is 0 Å². The van der Waals surface area contributed by atoms with E-state index in [0.29, 0.717) is 5.69 Å². The number of rotatable bonds is 6. The molecule has 2 unspecified atom stereocenters. The highest BCUT2D eigenvalue weighted by atomic mass is 16.8. The van der Waals surface area contributed by atoms with Gasteiger partial charge in [0.2, 0.25) is 0 Å². The first kappa shape index (κ1) is 24.5. The summed E-state index contributed by atoms with van der Waals surface area (Å²) in [6.45, 7) is 0.320. The maximum Gasteiger partial charge on any atom is 0.197 e. The molecule has 1 aromatic rings. The van der Waals surface area contributed by atoms with E-state index in [2.05, 4.69) is 9.97 Å². The summed E-state index contributed by atoms with van der Waals surface area (Å²) in [4.78, 5) is 8.44. The second kappa shape index (κ2) is 9.67. The summed E-state index contributed by atoms with van der Waals surface area (Å²) in [6, 6.07) is 0. The lowest BCUT2D eigenvalue weighted by molar-refractivity contribution is -0.260. The van der Waals surface area contributed by atoms with Crippen LogP contribution in [0.4, 0.5) is 0 Å². The van der Waals surface area contributed by atoms with Gasteiger partial charge in [0.05, 0.1) is 30.8 Å². The average Bonchev–Trinajstić information content (AvgIpc) is 3.45. The van der Waals surface area contributed by atoms with Gasteiger partial charge >= 0.3 is 0 Å². The fourth-order valence-electron chi connectivity index (χ4n) is 5.60. The van der Waals surface area contributed by atoms with Crippen LogP contribution < -0.4 is 0 Å². The van der Waals surface area contributed by atoms with Crippen LogP contribution in [0.25, 0.3) is 0 Å². The molecule has 4 atom stereocenters. The molecule has 2 saturated carbocycles. The minimum Gasteiger partial charge on any atom is -0.387 e. The fraction of sp³-hybridized carbons (Fsp3) is 0.833. The highest BCUT2D eigenvalue weighted by Gasteiger charge is 2.50. The van der Waals surface area contributed by atoms with Gasteiger partial charge in [-0.1, -0.05) is 12.8 Å². The lowest BCUT2D eigenvalue weighted by atomic mass is 9.94. The molecule has 2 aliphatic carbocycles. The minimum absolute atomic E-state index is 0.106. The summed E-state index contributed by atoms with van der Waals surface area (Å²) in [5, 5.41) is 42.7. The van der Waals surface area contributed by atoms with Crippen LogP contribution in [0.2, 0.25) is 0 Å². The van der Waals surface area contributed by atoms with Gasteiger partial charge in [-0.05, 0) is 25.7 Å². The molecule has 0 bridgehead atoms. The molecule has 1 aromatic heterocycles. The summed E-state index contributed by atoms with van der Waals surface area (Å²) >= 11 is 0. The quantitative estimate of drug-likeness (QED) is 0.439. The average molecular weight is 481 g/mol. The Bertz CT molecular complexity index is 823. The van der Waals surface area contributed by atoms with Crippen molar-refractivity contribution < 1.29 is 39.4 Å². The van der Waals surface area contributed by atoms with Crippen LogP contribution in [0, 0.1) is 0 Å². The minimum atomic E-state index is -2.17. The van der Waals surface area contributed by atoms with Crippen LogP contribution in [0.5, 0.6) is 0 Å². The largest absolute Gasteiger partial charge is 0.387 e. The maximum atomic E-state index is 10.7. The summed E-state index contributed by atoms with van der Waals surface area (Å²) in [7, 11) is 0. The zero-order chi connectivity index (χ0) is 23.8. The van der Waals surface area contributed by atoms with E-state index < -0.39 is 41.8 Å². The van der Waals surface area contributed by atoms with Crippen LogP contribution in [0.3, 0.4) is 0 Å². The first-order chi connectivity index (χ1) is 16.3. The van der Waals surface area contributed by atoms with Gasteiger partial charge in [0.25, 0.3) is 0 Å². The Morgan fingerprint density at radius 2 is 1.47 bits per heavy atom. The molecule has 0 radical (unpaired) electrons. The first-order valence-electron chi connectivity index (χ1n) is 12.6. The van der Waals surface area contributed by atoms with Crippen molar-refractivity contribution in [3.05, 3.63) is 23.8 Å². The maximum absolute atomic E-state index is 10.7. The highest BCUT2D eigenvalue weighted by molar-refractivity contribution is 5.09. The Balaban J connectivity index is 1.17. The van der Waals surface area contributed by atoms with Gasteiger partial charge < -0.3 is 39.4 Å². The molecule has 34 heavy (non-hydrogen) atoms. The third-order valence-electron chi connectivity index (χ3n) is 7.65. The summed E-state index contributed by atoms with van der Waals surface area (Å²) in [6.07, 6.45) is 7.86. The molecule has 5 rings (SSSR count). The zero-order valence-corrected chi connectivity index (χ0v) is 19.5. The van der Waals surface area contributed by atoms with Crippen molar-refractivity contribution >= 4 is 0 Å². The van der Waals surface area contributed by atoms with Gasteiger partial charge in [-0.3, -0.25) is 9.97 Å². The van der Waals surface area contributed by atoms with E-state index >= 15 is 0 Å². The Labute approximate surface area is 199 Å². The molecule has 4 fully saturated rings. The third kappa shape index (κ3) is 5.01. The van der Waals surface area contributed by atoms with E-state index in [-0.39, 0.29) is 25.3 Å². The van der Waals surface area contributed by atoms with Crippen LogP contribution in [-0.2, 0) is 25.4 Å². The van der Waals surface area contributed by atoms with Gasteiger partial charge in [0.15, 0.2) is 17.4 Å². The molecule has 0 amide bonds. The second-order valence-electron chi connectivity index (χ2n) is 10.3. The number of aliphatic hydroxyl groups excluding tert-OH is 2. The van der Waals surface area contributed by atoms with Gasteiger partial charge in [-0.25, -0.2) is 0 Å². The van der Waals surface area contributed by atoms with E-state index in [4.69, 9.17) is 18.9 Å². The van der Waals surface area contributed by atoms with E-state index in [0.717, 1.165) is 64.2 Å². The smallest absolute Gasteiger partial charge is 0.197 e. The van der Waals surface area contributed by atoms with Crippen molar-refractivity contribution in [1.82, 2.24) is 9.97 Å². The Morgan fingerprint density at radius 1 is 0.853 bits per heavy atom. The first-order valence-corrected chi connectivity index (χ1v) is 12.6. The lowest BCUT2D eigenvalue weighted by Gasteiger charge is -2.33. The molecule has 0 aromatic carbocycles. The van der Waals surface area contributed by atoms with Crippen LogP contribution in [-0.4, -0.2) is 79.3 Å². The molecule has 10 nitrogen and oxygen atoms in total. The summed E-state index contributed by atoms with van der Waals surface area (Å²) in [5.41, 5.74) is 0.498. The molecular weight excluding hydrogens is 444 g/mol. The predicted octanol–water partition coefficient (Wildman–Crippen LogP) is 1.25. The van der Waals surface area contributed by atoms with Gasteiger partial charge in [0.1, 0.15) is 24.4 Å². The van der Waals surface area contributed by atoms with Crippen LogP contribution in [0.15, 0.2) is 12.4 Å². The van der Waals surface area contributed by atoms with E-state index in [9.17, 15) is 20.4 Å². The highest BCUT2D eigenvalue weighted by Crippen LogP contribution is 2.41. The van der Waals surface area contributed by atoms with Crippen LogP contribution in [0.1, 0.15) is 81.7 Å². The predicted molar refractivity (Wildman–Crippen MR) is 117 cm³/mol. The topological polar surface area (TPSA) is 144 Å². The Hall–Kier alpha value is -1.24. The normalized spacial score (nSPS) is 30.6. The molecule has 2 aliphatic heterocycles. The molecule has 4 N–H and O–H groups in total. The third-order valence-corrected chi connectivity index (χ3v) is 7.65. The van der Waals surface area contributed by atoms with Crippen molar-refractivity contribution in [2.75, 3.05) is 13.2 Å². The number of aliphatic hydroxyl groups is 4. The Kier molecular flexibility index (Phi) is 6.95. The zero-order valence-electron chi connectivity index (χ0n) is 19.5. The van der Waals surface area contributed by atoms with Crippen molar-refractivity contribution in [1.29, 1.82) is 0 Å². The second-order valence-corrected chi connectivity index (χ2v) is 10.3. The number of ether oxygens (including phenoxy) is 4. The lowest BCUT2D eigenvalue weighted by Crippen LogP contribution is -2.47. The van der Waals surface area contributed by atoms with E-state index in [1.54, 1.807) is 0 Å². The molecule has 3 heterocycles. The van der Waals surface area contributed by atoms with Crippen molar-refractivity contribution in [2.24, 2.45) is 0 Å².